The van der Waals surface area contributed by atoms with Gasteiger partial charge in [0.05, 0.1) is 18.9 Å². The summed E-state index contributed by atoms with van der Waals surface area (Å²) in [7, 11) is 0. The van der Waals surface area contributed by atoms with Crippen LogP contribution in [0.25, 0.3) is 0 Å². The molecule has 2 aromatic heterocycles. The number of rotatable bonds is 16. The van der Waals surface area contributed by atoms with Crippen molar-refractivity contribution in [2.75, 3.05) is 13.1 Å². The van der Waals surface area contributed by atoms with Crippen molar-refractivity contribution in [1.29, 1.82) is 0 Å². The van der Waals surface area contributed by atoms with Gasteiger partial charge in [0.2, 0.25) is 11.8 Å². The molecule has 380 valence electrons. The van der Waals surface area contributed by atoms with Crippen molar-refractivity contribution in [3.63, 3.8) is 0 Å². The summed E-state index contributed by atoms with van der Waals surface area (Å²) in [4.78, 5) is 85.2. The fourth-order valence-corrected chi connectivity index (χ4v) is 7.75. The van der Waals surface area contributed by atoms with E-state index >= 15 is 0 Å². The minimum absolute atomic E-state index is 0.0271. The van der Waals surface area contributed by atoms with Gasteiger partial charge in [0.15, 0.2) is 11.6 Å². The minimum atomic E-state index is -1.55. The Morgan fingerprint density at radius 3 is 1.73 bits per heavy atom. The summed E-state index contributed by atoms with van der Waals surface area (Å²) >= 11 is 0. The van der Waals surface area contributed by atoms with E-state index in [2.05, 4.69) is 62.1 Å². The molecular formula is C48H65N9O13. The van der Waals surface area contributed by atoms with Crippen LogP contribution in [0.4, 0.5) is 9.59 Å². The van der Waals surface area contributed by atoms with Crippen LogP contribution < -0.4 is 16.4 Å². The number of aromatic nitrogens is 4. The topological polar surface area (TPSA) is 316 Å². The molecule has 6 atom stereocenters. The summed E-state index contributed by atoms with van der Waals surface area (Å²) in [6, 6.07) is 9.33. The molecule has 7 N–H and O–H groups in total. The number of hydrogen-bond donors (Lipinski definition) is 6. The number of urea groups is 2. The number of phenols is 1. The summed E-state index contributed by atoms with van der Waals surface area (Å²) in [5, 5.41) is 40.3. The average Bonchev–Trinajstić information content (AvgIpc) is 4.11. The number of amides is 4. The Hall–Kier alpha value is -7.10. The van der Waals surface area contributed by atoms with Gasteiger partial charge in [-0.05, 0) is 110 Å². The van der Waals surface area contributed by atoms with E-state index in [0.29, 0.717) is 50.5 Å². The largest absolute Gasteiger partial charge is 0.508 e. The first kappa shape index (κ1) is 53.8. The van der Waals surface area contributed by atoms with Crippen LogP contribution in [0.2, 0.25) is 0 Å². The molecule has 22 nitrogen and oxygen atoms in total. The third-order valence-electron chi connectivity index (χ3n) is 11.1. The quantitative estimate of drug-likeness (QED) is 0.0722. The summed E-state index contributed by atoms with van der Waals surface area (Å²) in [6.07, 6.45) is 2.61. The number of aliphatic carboxylic acids is 2. The fourth-order valence-electron chi connectivity index (χ4n) is 7.75. The van der Waals surface area contributed by atoms with Gasteiger partial charge in [0.25, 0.3) is 0 Å². The summed E-state index contributed by atoms with van der Waals surface area (Å²) < 4.78 is 21.8. The first-order valence-electron chi connectivity index (χ1n) is 23.1. The summed E-state index contributed by atoms with van der Waals surface area (Å²) in [5.74, 6) is -2.56. The molecule has 0 spiro atoms. The zero-order chi connectivity index (χ0) is 51.5. The SMILES string of the molecule is Cc1ccc(C[C@H](C)c2noc([C@@H]3CCCN3C(=O)NC(CC(=O)OC(C)(C)C)C(=O)OC(C)(C)C)n2)cc1.N[C@@H](Cc1ccc(O)cc1)c1noc([C@@H]2CCCN2C(=O)N[C@@H](CC(=O)O)C(=O)O)n1. The molecule has 2 aromatic carbocycles. The third kappa shape index (κ3) is 16.0. The average molecular weight is 976 g/mol. The number of nitrogens with two attached hydrogens (primary N) is 1. The van der Waals surface area contributed by atoms with Crippen molar-refractivity contribution < 1.29 is 62.6 Å². The van der Waals surface area contributed by atoms with Crippen LogP contribution >= 0.6 is 0 Å². The number of phenolic OH excluding ortho intramolecular Hbond substituents is 1. The lowest BCUT2D eigenvalue weighted by Crippen LogP contribution is -2.50. The molecule has 70 heavy (non-hydrogen) atoms. The number of carboxylic acid groups (broad SMARTS) is 2. The maximum atomic E-state index is 13.4. The molecule has 1 unspecified atom stereocenters. The number of likely N-dealkylation sites (tertiary alicyclic amines) is 2. The molecule has 0 bridgehead atoms. The van der Waals surface area contributed by atoms with E-state index in [9.17, 15) is 33.9 Å². The lowest BCUT2D eigenvalue weighted by Gasteiger charge is -2.28. The Morgan fingerprint density at radius 2 is 1.21 bits per heavy atom. The van der Waals surface area contributed by atoms with E-state index in [1.165, 1.54) is 16.0 Å². The molecule has 2 fully saturated rings. The molecule has 0 saturated carbocycles. The number of carboxylic acids is 2. The first-order chi connectivity index (χ1) is 32.8. The van der Waals surface area contributed by atoms with Crippen LogP contribution in [0.5, 0.6) is 5.75 Å². The fraction of sp³-hybridized carbons (Fsp3) is 0.542. The van der Waals surface area contributed by atoms with E-state index in [-0.39, 0.29) is 29.8 Å². The van der Waals surface area contributed by atoms with Gasteiger partial charge in [0, 0.05) is 19.0 Å². The zero-order valence-electron chi connectivity index (χ0n) is 40.8. The number of hydrogen-bond acceptors (Lipinski definition) is 16. The smallest absolute Gasteiger partial charge is 0.329 e. The standard InChI is InChI=1S/C29H42N4O6.C19H23N5O7/c1-18-11-13-20(14-12-18)16-19(2)24-31-25(39-32-24)22-10-9-15-33(22)27(36)30-21(26(35)38-29(6,7)8)17-23(34)37-28(3,4)5;20-12(8-10-3-5-11(25)6-4-10)16-22-17(31-23-16)14-2-1-7-24(14)19(30)21-13(18(28)29)9-15(26)27/h11-14,19,21-22H,9-10,15-17H2,1-8H3,(H,30,36);3-6,12-14,25H,1-2,7-9,20H2,(H,21,30)(H,26,27)(H,28,29)/t19-,21?,22-;12-,13-,14-/m00/s1. The van der Waals surface area contributed by atoms with E-state index in [4.69, 9.17) is 34.5 Å². The predicted octanol–water partition coefficient (Wildman–Crippen LogP) is 5.80. The van der Waals surface area contributed by atoms with E-state index in [1.54, 1.807) is 70.7 Å². The van der Waals surface area contributed by atoms with E-state index in [0.717, 1.165) is 18.4 Å². The number of benzene rings is 2. The maximum absolute atomic E-state index is 13.4. The van der Waals surface area contributed by atoms with Crippen molar-refractivity contribution in [2.24, 2.45) is 5.73 Å². The molecule has 0 radical (unpaired) electrons. The lowest BCUT2D eigenvalue weighted by atomic mass is 10.00. The number of carbonyl (C=O) groups is 6. The van der Waals surface area contributed by atoms with Crippen molar-refractivity contribution >= 4 is 35.9 Å². The van der Waals surface area contributed by atoms with Crippen molar-refractivity contribution in [2.45, 2.75) is 154 Å². The monoisotopic (exact) mass is 975 g/mol. The number of aromatic hydroxyl groups is 1. The molecule has 2 aliphatic rings. The maximum Gasteiger partial charge on any atom is 0.329 e. The van der Waals surface area contributed by atoms with Crippen LogP contribution in [0.3, 0.4) is 0 Å². The first-order valence-corrected chi connectivity index (χ1v) is 23.1. The van der Waals surface area contributed by atoms with Gasteiger partial charge >= 0.3 is 35.9 Å². The zero-order valence-corrected chi connectivity index (χ0v) is 40.8. The van der Waals surface area contributed by atoms with Crippen LogP contribution in [0.15, 0.2) is 57.6 Å². The highest BCUT2D eigenvalue weighted by atomic mass is 16.6. The number of esters is 2. The Bertz CT molecular complexity index is 2430. The molecule has 4 amide bonds. The van der Waals surface area contributed by atoms with Crippen LogP contribution in [0, 0.1) is 6.92 Å². The summed E-state index contributed by atoms with van der Waals surface area (Å²) in [6.45, 7) is 15.2. The Kier molecular flexibility index (Phi) is 18.1. The van der Waals surface area contributed by atoms with Gasteiger partial charge < -0.3 is 60.0 Å². The van der Waals surface area contributed by atoms with Gasteiger partial charge in [-0.25, -0.2) is 19.2 Å². The highest BCUT2D eigenvalue weighted by Crippen LogP contribution is 2.33. The molecule has 4 heterocycles. The van der Waals surface area contributed by atoms with Gasteiger partial charge in [-0.2, -0.15) is 9.97 Å². The lowest BCUT2D eigenvalue weighted by molar-refractivity contribution is -0.164. The van der Waals surface area contributed by atoms with Gasteiger partial charge in [-0.3, -0.25) is 9.59 Å². The van der Waals surface area contributed by atoms with E-state index in [1.807, 2.05) is 6.92 Å². The van der Waals surface area contributed by atoms with E-state index < -0.39 is 83.8 Å². The molecular weight excluding hydrogens is 911 g/mol. The number of aryl methyl sites for hydroxylation is 1. The molecule has 2 saturated heterocycles. The predicted molar refractivity (Wildman–Crippen MR) is 249 cm³/mol. The number of ether oxygens (including phenoxy) is 2. The second-order valence-electron chi connectivity index (χ2n) is 19.5. The Labute approximate surface area is 405 Å². The third-order valence-corrected chi connectivity index (χ3v) is 11.1. The van der Waals surface area contributed by atoms with Gasteiger partial charge in [-0.15, -0.1) is 0 Å². The second-order valence-corrected chi connectivity index (χ2v) is 19.5. The van der Waals surface area contributed by atoms with Crippen LogP contribution in [-0.2, 0) is 41.5 Å². The second kappa shape index (κ2) is 23.5. The van der Waals surface area contributed by atoms with Crippen LogP contribution in [-0.4, -0.2) is 118 Å². The highest BCUT2D eigenvalue weighted by molar-refractivity contribution is 5.88. The van der Waals surface area contributed by atoms with Crippen molar-refractivity contribution in [3.05, 3.63) is 88.7 Å². The molecule has 4 aromatic rings. The molecule has 22 heteroatoms. The minimum Gasteiger partial charge on any atom is -0.508 e. The van der Waals surface area contributed by atoms with Gasteiger partial charge in [0.1, 0.15) is 41.1 Å². The van der Waals surface area contributed by atoms with Crippen molar-refractivity contribution in [1.82, 2.24) is 40.7 Å². The number of carbonyl (C=O) groups excluding carboxylic acids is 4. The van der Waals surface area contributed by atoms with Crippen molar-refractivity contribution in [3.8, 4) is 5.75 Å². The Balaban J connectivity index is 0.000000267. The normalized spacial score (nSPS) is 17.6. The van der Waals surface area contributed by atoms with Crippen LogP contribution in [0.1, 0.15) is 151 Å². The summed E-state index contributed by atoms with van der Waals surface area (Å²) in [5.41, 5.74) is 7.89. The van der Waals surface area contributed by atoms with Gasteiger partial charge in [-0.1, -0.05) is 59.2 Å². The number of nitrogens with one attached hydrogen (secondary N) is 2. The highest BCUT2D eigenvalue weighted by Gasteiger charge is 2.39. The number of nitrogens with zero attached hydrogens (tertiary/aromatic N) is 6. The molecule has 0 aliphatic carbocycles. The molecule has 6 rings (SSSR count). The Morgan fingerprint density at radius 1 is 0.729 bits per heavy atom. The molecule has 2 aliphatic heterocycles.